The van der Waals surface area contributed by atoms with Crippen molar-refractivity contribution >= 4 is 16.8 Å². The van der Waals surface area contributed by atoms with Crippen LogP contribution in [-0.2, 0) is 25.1 Å². The predicted octanol–water partition coefficient (Wildman–Crippen LogP) is 1.26. The second-order valence-corrected chi connectivity index (χ2v) is 5.66. The summed E-state index contributed by atoms with van der Waals surface area (Å²) in [4.78, 5) is 11.3. The van der Waals surface area contributed by atoms with Gasteiger partial charge in [0.05, 0.1) is 18.0 Å². The molecule has 4 nitrogen and oxygen atoms in total. The quantitative estimate of drug-likeness (QED) is 0.524. The molecule has 16 heavy (non-hydrogen) atoms. The highest BCUT2D eigenvalue weighted by atomic mass is 32.2. The molecule has 0 amide bonds. The summed E-state index contributed by atoms with van der Waals surface area (Å²) in [5.41, 5.74) is 0. The predicted molar refractivity (Wildman–Crippen MR) is 62.7 cm³/mol. The highest BCUT2D eigenvalue weighted by Gasteiger charge is 2.30. The van der Waals surface area contributed by atoms with Crippen LogP contribution in [0.2, 0.25) is 0 Å². The summed E-state index contributed by atoms with van der Waals surface area (Å²) in [6, 6.07) is 0. The Morgan fingerprint density at radius 2 is 2.31 bits per heavy atom. The first-order valence-electron chi connectivity index (χ1n) is 5.79. The van der Waals surface area contributed by atoms with Crippen LogP contribution in [-0.4, -0.2) is 40.5 Å². The summed E-state index contributed by atoms with van der Waals surface area (Å²) in [5, 5.41) is -0.0151. The van der Waals surface area contributed by atoms with E-state index in [-0.39, 0.29) is 23.1 Å². The molecule has 0 N–H and O–H groups in total. The van der Waals surface area contributed by atoms with Crippen molar-refractivity contribution in [1.29, 1.82) is 0 Å². The van der Waals surface area contributed by atoms with E-state index in [1.165, 1.54) is 0 Å². The molecule has 1 saturated heterocycles. The fourth-order valence-corrected chi connectivity index (χ4v) is 3.05. The minimum absolute atomic E-state index is 0.00206. The van der Waals surface area contributed by atoms with Crippen molar-refractivity contribution in [2.45, 2.75) is 44.5 Å². The normalized spacial score (nSPS) is 26.6. The fourth-order valence-electron chi connectivity index (χ4n) is 1.65. The molecule has 1 heterocycles. The highest BCUT2D eigenvalue weighted by molar-refractivity contribution is 7.86. The number of carbonyl (C=O) groups is 1. The lowest BCUT2D eigenvalue weighted by Gasteiger charge is -2.13. The van der Waals surface area contributed by atoms with Gasteiger partial charge in [0, 0.05) is 17.4 Å². The van der Waals surface area contributed by atoms with Gasteiger partial charge >= 0.3 is 5.97 Å². The van der Waals surface area contributed by atoms with Crippen LogP contribution in [0.1, 0.15) is 33.1 Å². The van der Waals surface area contributed by atoms with Crippen molar-refractivity contribution in [3.63, 3.8) is 0 Å². The maximum absolute atomic E-state index is 11.8. The lowest BCUT2D eigenvalue weighted by Crippen LogP contribution is -2.28. The second kappa shape index (κ2) is 7.01. The zero-order valence-corrected chi connectivity index (χ0v) is 10.8. The van der Waals surface area contributed by atoms with Gasteiger partial charge in [-0.2, -0.15) is 0 Å². The molecule has 1 aliphatic rings. The number of unbranched alkanes of at least 4 members (excludes halogenated alkanes) is 1. The number of rotatable bonds is 6. The lowest BCUT2D eigenvalue weighted by molar-refractivity contribution is -0.140. The number of ether oxygens (including phenoxy) is 2. The van der Waals surface area contributed by atoms with E-state index in [1.54, 1.807) is 0 Å². The number of esters is 1. The van der Waals surface area contributed by atoms with Gasteiger partial charge in [0.15, 0.2) is 0 Å². The van der Waals surface area contributed by atoms with Gasteiger partial charge in [0.25, 0.3) is 0 Å². The summed E-state index contributed by atoms with van der Waals surface area (Å²) in [6.07, 6.45) is 2.62. The molecule has 0 aromatic heterocycles. The molecule has 3 atom stereocenters. The minimum Gasteiger partial charge on any atom is -0.465 e. The first-order valence-corrected chi connectivity index (χ1v) is 7.17. The Bertz CT molecular complexity index is 254. The minimum atomic E-state index is -1.16. The van der Waals surface area contributed by atoms with E-state index in [0.717, 1.165) is 19.3 Å². The third-order valence-electron chi connectivity index (χ3n) is 2.67. The van der Waals surface area contributed by atoms with Crippen LogP contribution in [0.3, 0.4) is 0 Å². The summed E-state index contributed by atoms with van der Waals surface area (Å²) >= 11 is 0. The Kier molecular flexibility index (Phi) is 5.98. The zero-order chi connectivity index (χ0) is 12.0. The Hall–Kier alpha value is -0.420. The van der Waals surface area contributed by atoms with Crippen molar-refractivity contribution in [3.05, 3.63) is 0 Å². The third-order valence-corrected chi connectivity index (χ3v) is 4.48. The molecule has 1 rings (SSSR count). The molecule has 0 radical (unpaired) electrons. The van der Waals surface area contributed by atoms with Crippen molar-refractivity contribution in [1.82, 2.24) is 0 Å². The van der Waals surface area contributed by atoms with Crippen LogP contribution < -0.4 is 0 Å². The van der Waals surface area contributed by atoms with Crippen LogP contribution in [0.5, 0.6) is 0 Å². The Balaban J connectivity index is 2.25. The van der Waals surface area contributed by atoms with E-state index >= 15 is 0 Å². The van der Waals surface area contributed by atoms with Crippen LogP contribution in [0, 0.1) is 0 Å². The topological polar surface area (TPSA) is 52.6 Å². The average molecular weight is 248 g/mol. The second-order valence-electron chi connectivity index (χ2n) is 4.00. The average Bonchev–Trinajstić information content (AvgIpc) is 2.65. The zero-order valence-electron chi connectivity index (χ0n) is 9.94. The van der Waals surface area contributed by atoms with E-state index in [1.807, 2.05) is 13.8 Å². The molecule has 5 heteroatoms. The van der Waals surface area contributed by atoms with E-state index < -0.39 is 10.8 Å². The van der Waals surface area contributed by atoms with Crippen LogP contribution in [0.4, 0.5) is 0 Å². The lowest BCUT2D eigenvalue weighted by atomic mass is 10.3. The van der Waals surface area contributed by atoms with Crippen molar-refractivity contribution in [2.75, 3.05) is 19.0 Å². The molecule has 1 aliphatic heterocycles. The standard InChI is InChI=1S/C11H20O4S/c1-3-4-6-15-11(12)8-16(13)10-5-7-14-9(10)2/h9-10H,3-8H2,1-2H3. The van der Waals surface area contributed by atoms with Gasteiger partial charge in [0.1, 0.15) is 5.75 Å². The molecule has 0 spiro atoms. The molecule has 0 aromatic carbocycles. The van der Waals surface area contributed by atoms with Gasteiger partial charge < -0.3 is 9.47 Å². The van der Waals surface area contributed by atoms with Crippen LogP contribution in [0.25, 0.3) is 0 Å². The summed E-state index contributed by atoms with van der Waals surface area (Å²) in [5.74, 6) is -0.354. The molecule has 94 valence electrons. The van der Waals surface area contributed by atoms with Crippen molar-refractivity contribution < 1.29 is 18.5 Å². The number of hydrogen-bond acceptors (Lipinski definition) is 4. The Morgan fingerprint density at radius 1 is 1.56 bits per heavy atom. The van der Waals surface area contributed by atoms with Gasteiger partial charge in [0.2, 0.25) is 0 Å². The molecule has 0 bridgehead atoms. The summed E-state index contributed by atoms with van der Waals surface area (Å²) in [6.45, 7) is 5.01. The molecule has 3 unspecified atom stereocenters. The number of hydrogen-bond donors (Lipinski definition) is 0. The Labute approximate surface area is 99.1 Å². The van der Waals surface area contributed by atoms with Gasteiger partial charge in [-0.05, 0) is 19.8 Å². The smallest absolute Gasteiger partial charge is 0.318 e. The van der Waals surface area contributed by atoms with Gasteiger partial charge in [-0.3, -0.25) is 9.00 Å². The maximum Gasteiger partial charge on any atom is 0.318 e. The first kappa shape index (κ1) is 13.6. The van der Waals surface area contributed by atoms with E-state index in [2.05, 4.69) is 0 Å². The summed E-state index contributed by atoms with van der Waals surface area (Å²) in [7, 11) is -1.16. The fraction of sp³-hybridized carbons (Fsp3) is 0.909. The van der Waals surface area contributed by atoms with Crippen molar-refractivity contribution in [2.24, 2.45) is 0 Å². The van der Waals surface area contributed by atoms with Gasteiger partial charge in [-0.25, -0.2) is 0 Å². The molecular formula is C11H20O4S. The molecule has 1 fully saturated rings. The van der Waals surface area contributed by atoms with E-state index in [4.69, 9.17) is 9.47 Å². The van der Waals surface area contributed by atoms with Crippen molar-refractivity contribution in [3.8, 4) is 0 Å². The van der Waals surface area contributed by atoms with Crippen LogP contribution in [0.15, 0.2) is 0 Å². The molecule has 0 aliphatic carbocycles. The first-order chi connectivity index (χ1) is 7.65. The van der Waals surface area contributed by atoms with Gasteiger partial charge in [-0.15, -0.1) is 0 Å². The van der Waals surface area contributed by atoms with Gasteiger partial charge in [-0.1, -0.05) is 13.3 Å². The molecule has 0 saturated carbocycles. The number of carbonyl (C=O) groups excluding carboxylic acids is 1. The third kappa shape index (κ3) is 4.22. The SMILES string of the molecule is CCCCOC(=O)CS(=O)C1CCOC1C. The Morgan fingerprint density at radius 3 is 2.88 bits per heavy atom. The maximum atomic E-state index is 11.8. The van der Waals surface area contributed by atoms with E-state index in [9.17, 15) is 9.00 Å². The van der Waals surface area contributed by atoms with E-state index in [0.29, 0.717) is 13.2 Å². The highest BCUT2D eigenvalue weighted by Crippen LogP contribution is 2.18. The summed E-state index contributed by atoms with van der Waals surface area (Å²) < 4.78 is 22.1. The molecular weight excluding hydrogens is 228 g/mol. The monoisotopic (exact) mass is 248 g/mol. The molecule has 0 aromatic rings. The van der Waals surface area contributed by atoms with Crippen LogP contribution >= 0.6 is 0 Å². The largest absolute Gasteiger partial charge is 0.465 e.